The number of hydrogen-bond acceptors (Lipinski definition) is 1. The molecule has 0 aliphatic carbocycles. The topological polar surface area (TPSA) is 9.23 Å². The molecule has 1 nitrogen and oxygen atoms in total. The lowest BCUT2D eigenvalue weighted by Gasteiger charge is -2.09. The molecule has 0 saturated carbocycles. The van der Waals surface area contributed by atoms with Crippen LogP contribution in [-0.4, -0.2) is 7.11 Å². The molecular formula is C23H22F2O. The molecule has 3 heteroatoms. The highest BCUT2D eigenvalue weighted by Crippen LogP contribution is 2.29. The van der Waals surface area contributed by atoms with Gasteiger partial charge in [0.15, 0.2) is 11.6 Å². The molecule has 0 radical (unpaired) electrons. The molecule has 3 aromatic carbocycles. The minimum Gasteiger partial charge on any atom is -0.494 e. The first-order valence-electron chi connectivity index (χ1n) is 8.81. The van der Waals surface area contributed by atoms with Gasteiger partial charge in [0, 0.05) is 5.56 Å². The number of hydrogen-bond donors (Lipinski definition) is 0. The van der Waals surface area contributed by atoms with Gasteiger partial charge < -0.3 is 4.74 Å². The maximum Gasteiger partial charge on any atom is 0.201 e. The van der Waals surface area contributed by atoms with E-state index in [-0.39, 0.29) is 11.3 Å². The van der Waals surface area contributed by atoms with E-state index in [0.29, 0.717) is 5.56 Å². The molecule has 26 heavy (non-hydrogen) atoms. The van der Waals surface area contributed by atoms with Crippen LogP contribution in [0, 0.1) is 11.6 Å². The molecule has 3 rings (SSSR count). The molecule has 0 spiro atoms. The van der Waals surface area contributed by atoms with Crippen LogP contribution >= 0.6 is 0 Å². The molecule has 0 aliphatic rings. The fourth-order valence-corrected chi connectivity index (χ4v) is 2.99. The second-order valence-electron chi connectivity index (χ2n) is 6.31. The van der Waals surface area contributed by atoms with Crippen molar-refractivity contribution in [3.05, 3.63) is 89.0 Å². The Kier molecular flexibility index (Phi) is 5.67. The average Bonchev–Trinajstić information content (AvgIpc) is 2.69. The Balaban J connectivity index is 1.71. The third-order valence-electron chi connectivity index (χ3n) is 4.67. The van der Waals surface area contributed by atoms with Gasteiger partial charge in [-0.2, -0.15) is 4.39 Å². The highest BCUT2D eigenvalue weighted by atomic mass is 19.2. The maximum atomic E-state index is 14.2. The zero-order valence-corrected chi connectivity index (χ0v) is 15.1. The van der Waals surface area contributed by atoms with Gasteiger partial charge in [-0.05, 0) is 53.6 Å². The van der Waals surface area contributed by atoms with E-state index in [1.165, 1.54) is 29.9 Å². The van der Waals surface area contributed by atoms with Crippen LogP contribution in [0.1, 0.15) is 23.6 Å². The van der Waals surface area contributed by atoms with Crippen LogP contribution in [0.3, 0.4) is 0 Å². The highest BCUT2D eigenvalue weighted by Gasteiger charge is 2.15. The van der Waals surface area contributed by atoms with Gasteiger partial charge in [0.25, 0.3) is 0 Å². The third-order valence-corrected chi connectivity index (χ3v) is 4.67. The lowest BCUT2D eigenvalue weighted by Crippen LogP contribution is -1.95. The second-order valence-corrected chi connectivity index (χ2v) is 6.31. The third kappa shape index (κ3) is 3.93. The number of ether oxygens (including phenoxy) is 1. The van der Waals surface area contributed by atoms with E-state index in [0.717, 1.165) is 19.3 Å². The Bertz CT molecular complexity index is 868. The van der Waals surface area contributed by atoms with Crippen molar-refractivity contribution in [2.24, 2.45) is 0 Å². The molecule has 0 unspecified atom stereocenters. The van der Waals surface area contributed by atoms with Crippen LogP contribution in [0.2, 0.25) is 0 Å². The van der Waals surface area contributed by atoms with Crippen molar-refractivity contribution >= 4 is 0 Å². The van der Waals surface area contributed by atoms with E-state index in [1.54, 1.807) is 6.07 Å². The Morgan fingerprint density at radius 1 is 0.692 bits per heavy atom. The van der Waals surface area contributed by atoms with Crippen molar-refractivity contribution in [2.45, 2.75) is 26.2 Å². The first kappa shape index (κ1) is 18.1. The largest absolute Gasteiger partial charge is 0.494 e. The summed E-state index contributed by atoms with van der Waals surface area (Å²) in [5.41, 5.74) is 4.70. The predicted molar refractivity (Wildman–Crippen MR) is 102 cm³/mol. The average molecular weight is 352 g/mol. The molecule has 0 fully saturated rings. The smallest absolute Gasteiger partial charge is 0.201 e. The number of methoxy groups -OCH3 is 1. The fraction of sp³-hybridized carbons (Fsp3) is 0.217. The number of rotatable bonds is 6. The van der Waals surface area contributed by atoms with E-state index >= 15 is 0 Å². The summed E-state index contributed by atoms with van der Waals surface area (Å²) in [7, 11) is 1.32. The Labute approximate surface area is 153 Å². The van der Waals surface area contributed by atoms with Crippen molar-refractivity contribution in [3.8, 4) is 16.9 Å². The van der Waals surface area contributed by atoms with Gasteiger partial charge in [-0.25, -0.2) is 4.39 Å². The molecule has 0 bridgehead atoms. The molecule has 3 aromatic rings. The summed E-state index contributed by atoms with van der Waals surface area (Å²) in [6.07, 6.45) is 2.91. The van der Waals surface area contributed by atoms with Gasteiger partial charge in [-0.1, -0.05) is 55.5 Å². The zero-order valence-electron chi connectivity index (χ0n) is 15.1. The minimum absolute atomic E-state index is 0.0861. The maximum absolute atomic E-state index is 14.2. The zero-order chi connectivity index (χ0) is 18.5. The quantitative estimate of drug-likeness (QED) is 0.529. The summed E-state index contributed by atoms with van der Waals surface area (Å²) in [6, 6.07) is 19.3. The summed E-state index contributed by atoms with van der Waals surface area (Å²) >= 11 is 0. The molecule has 0 N–H and O–H groups in total. The lowest BCUT2D eigenvalue weighted by molar-refractivity contribution is 0.372. The molecule has 0 aliphatic heterocycles. The molecule has 134 valence electrons. The first-order chi connectivity index (χ1) is 12.6. The number of aryl methyl sites for hydroxylation is 3. The van der Waals surface area contributed by atoms with Gasteiger partial charge in [0.05, 0.1) is 7.11 Å². The SMILES string of the molecule is CCc1ccc(CCc2ccc(-c3ccc(OC)c(F)c3F)cc2)cc1. The van der Waals surface area contributed by atoms with Crippen LogP contribution in [-0.2, 0) is 19.3 Å². The summed E-state index contributed by atoms with van der Waals surface area (Å²) in [5.74, 6) is -1.92. The number of halogens is 2. The van der Waals surface area contributed by atoms with Crippen molar-refractivity contribution in [2.75, 3.05) is 7.11 Å². The number of benzene rings is 3. The predicted octanol–water partition coefficient (Wildman–Crippen LogP) is 5.99. The van der Waals surface area contributed by atoms with E-state index in [4.69, 9.17) is 4.74 Å². The Morgan fingerprint density at radius 3 is 1.77 bits per heavy atom. The molecule has 0 heterocycles. The minimum atomic E-state index is -0.954. The normalized spacial score (nSPS) is 10.8. The van der Waals surface area contributed by atoms with Crippen LogP contribution in [0.4, 0.5) is 8.78 Å². The van der Waals surface area contributed by atoms with Gasteiger partial charge in [0.2, 0.25) is 5.82 Å². The monoisotopic (exact) mass is 352 g/mol. The molecular weight excluding hydrogens is 330 g/mol. The molecule has 0 aromatic heterocycles. The molecule has 0 atom stereocenters. The Hall–Kier alpha value is -2.68. The van der Waals surface area contributed by atoms with E-state index < -0.39 is 11.6 Å². The van der Waals surface area contributed by atoms with E-state index in [9.17, 15) is 8.78 Å². The van der Waals surface area contributed by atoms with Gasteiger partial charge in [-0.3, -0.25) is 0 Å². The molecule has 0 amide bonds. The van der Waals surface area contributed by atoms with Gasteiger partial charge >= 0.3 is 0 Å². The van der Waals surface area contributed by atoms with Gasteiger partial charge in [-0.15, -0.1) is 0 Å². The molecule has 0 saturated heterocycles. The van der Waals surface area contributed by atoms with Crippen LogP contribution < -0.4 is 4.74 Å². The van der Waals surface area contributed by atoms with Crippen molar-refractivity contribution < 1.29 is 13.5 Å². The van der Waals surface area contributed by atoms with Crippen molar-refractivity contribution in [3.63, 3.8) is 0 Å². The van der Waals surface area contributed by atoms with E-state index in [1.807, 2.05) is 24.3 Å². The summed E-state index contributed by atoms with van der Waals surface area (Å²) < 4.78 is 32.9. The van der Waals surface area contributed by atoms with Crippen molar-refractivity contribution in [1.29, 1.82) is 0 Å². The fourth-order valence-electron chi connectivity index (χ4n) is 2.99. The summed E-state index contributed by atoms with van der Waals surface area (Å²) in [4.78, 5) is 0. The summed E-state index contributed by atoms with van der Waals surface area (Å²) in [5, 5.41) is 0. The summed E-state index contributed by atoms with van der Waals surface area (Å²) in [6.45, 7) is 2.15. The van der Waals surface area contributed by atoms with Crippen molar-refractivity contribution in [1.82, 2.24) is 0 Å². The van der Waals surface area contributed by atoms with Gasteiger partial charge in [0.1, 0.15) is 0 Å². The highest BCUT2D eigenvalue weighted by molar-refractivity contribution is 5.65. The second kappa shape index (κ2) is 8.13. The standard InChI is InChI=1S/C23H22F2O/c1-3-16-4-6-17(7-5-16)8-9-18-10-12-19(13-11-18)20-14-15-21(26-2)23(25)22(20)24/h4-7,10-15H,3,8-9H2,1-2H3. The lowest BCUT2D eigenvalue weighted by atomic mass is 9.99. The van der Waals surface area contributed by atoms with Crippen LogP contribution in [0.15, 0.2) is 60.7 Å². The van der Waals surface area contributed by atoms with Crippen LogP contribution in [0.25, 0.3) is 11.1 Å². The van der Waals surface area contributed by atoms with Crippen LogP contribution in [0.5, 0.6) is 5.75 Å². The first-order valence-corrected chi connectivity index (χ1v) is 8.81. The van der Waals surface area contributed by atoms with E-state index in [2.05, 4.69) is 31.2 Å². The Morgan fingerprint density at radius 2 is 1.23 bits per heavy atom.